The molecule has 100 valence electrons. The summed E-state index contributed by atoms with van der Waals surface area (Å²) in [6, 6.07) is 0.361. The van der Waals surface area contributed by atoms with Crippen LogP contribution in [0.15, 0.2) is 0 Å². The molecule has 0 bridgehead atoms. The maximum atomic E-state index is 12.1. The molecule has 1 rings (SSSR count). The maximum absolute atomic E-state index is 12.1. The van der Waals surface area contributed by atoms with Crippen LogP contribution in [0.3, 0.4) is 0 Å². The van der Waals surface area contributed by atoms with Gasteiger partial charge >= 0.3 is 0 Å². The minimum atomic E-state index is 0.0961. The van der Waals surface area contributed by atoms with Crippen LogP contribution in [0.1, 0.15) is 39.5 Å². The maximum Gasteiger partial charge on any atom is 0.223 e. The minimum Gasteiger partial charge on any atom is -0.385 e. The number of carbonyl (C=O) groups is 1. The average molecular weight is 242 g/mol. The van der Waals surface area contributed by atoms with E-state index in [1.54, 1.807) is 7.11 Å². The molecule has 0 aromatic heterocycles. The zero-order chi connectivity index (χ0) is 12.8. The molecule has 0 aromatic rings. The second-order valence-corrected chi connectivity index (χ2v) is 5.46. The van der Waals surface area contributed by atoms with Crippen LogP contribution < -0.4 is 11.1 Å². The van der Waals surface area contributed by atoms with Gasteiger partial charge in [0.2, 0.25) is 5.91 Å². The first kappa shape index (κ1) is 14.5. The van der Waals surface area contributed by atoms with Crippen molar-refractivity contribution in [2.75, 3.05) is 13.7 Å². The molecule has 4 nitrogen and oxygen atoms in total. The summed E-state index contributed by atoms with van der Waals surface area (Å²) < 4.78 is 5.00. The molecule has 0 aromatic carbocycles. The predicted molar refractivity (Wildman–Crippen MR) is 68.6 cm³/mol. The Morgan fingerprint density at radius 3 is 2.76 bits per heavy atom. The van der Waals surface area contributed by atoms with Crippen molar-refractivity contribution in [1.82, 2.24) is 5.32 Å². The van der Waals surface area contributed by atoms with Gasteiger partial charge < -0.3 is 15.8 Å². The molecular formula is C13H26N2O2. The zero-order valence-electron chi connectivity index (χ0n) is 11.2. The van der Waals surface area contributed by atoms with Crippen molar-refractivity contribution in [3.63, 3.8) is 0 Å². The second kappa shape index (κ2) is 6.97. The van der Waals surface area contributed by atoms with Gasteiger partial charge in [-0.3, -0.25) is 4.79 Å². The van der Waals surface area contributed by atoms with Crippen LogP contribution >= 0.6 is 0 Å². The molecule has 4 heteroatoms. The van der Waals surface area contributed by atoms with Gasteiger partial charge in [-0.25, -0.2) is 0 Å². The number of nitrogens with one attached hydrogen (secondary N) is 1. The molecular weight excluding hydrogens is 216 g/mol. The molecule has 4 unspecified atom stereocenters. The Morgan fingerprint density at radius 2 is 2.18 bits per heavy atom. The van der Waals surface area contributed by atoms with E-state index >= 15 is 0 Å². The molecule has 1 aliphatic rings. The summed E-state index contributed by atoms with van der Waals surface area (Å²) in [5.74, 6) is 0.818. The predicted octanol–water partition coefficient (Wildman–Crippen LogP) is 1.29. The molecule has 0 aliphatic heterocycles. The number of rotatable bonds is 5. The Kier molecular flexibility index (Phi) is 5.92. The highest BCUT2D eigenvalue weighted by atomic mass is 16.5. The molecule has 1 fully saturated rings. The highest BCUT2D eigenvalue weighted by Crippen LogP contribution is 2.28. The van der Waals surface area contributed by atoms with Gasteiger partial charge in [0.05, 0.1) is 0 Å². The van der Waals surface area contributed by atoms with Gasteiger partial charge in [0.25, 0.3) is 0 Å². The first-order valence-electron chi connectivity index (χ1n) is 6.57. The summed E-state index contributed by atoms with van der Waals surface area (Å²) in [6.07, 6.45) is 3.70. The third kappa shape index (κ3) is 5.04. The van der Waals surface area contributed by atoms with Gasteiger partial charge in [0.15, 0.2) is 0 Å². The molecule has 1 aliphatic carbocycles. The summed E-state index contributed by atoms with van der Waals surface area (Å²) in [4.78, 5) is 12.1. The Morgan fingerprint density at radius 1 is 1.47 bits per heavy atom. The molecule has 0 heterocycles. The average Bonchev–Trinajstić information content (AvgIpc) is 2.25. The first-order chi connectivity index (χ1) is 8.02. The fraction of sp³-hybridized carbons (Fsp3) is 0.923. The van der Waals surface area contributed by atoms with Crippen LogP contribution in [0.4, 0.5) is 0 Å². The molecule has 1 saturated carbocycles. The van der Waals surface area contributed by atoms with E-state index in [0.29, 0.717) is 12.5 Å². The smallest absolute Gasteiger partial charge is 0.223 e. The van der Waals surface area contributed by atoms with Gasteiger partial charge in [0.1, 0.15) is 0 Å². The molecule has 0 radical (unpaired) electrons. The lowest BCUT2D eigenvalue weighted by molar-refractivity contribution is -0.127. The van der Waals surface area contributed by atoms with Gasteiger partial charge in [-0.1, -0.05) is 6.92 Å². The van der Waals surface area contributed by atoms with Gasteiger partial charge in [-0.05, 0) is 38.5 Å². The summed E-state index contributed by atoms with van der Waals surface area (Å²) in [7, 11) is 1.68. The van der Waals surface area contributed by atoms with E-state index in [1.165, 1.54) is 0 Å². The van der Waals surface area contributed by atoms with E-state index in [9.17, 15) is 4.79 Å². The largest absolute Gasteiger partial charge is 0.385 e. The van der Waals surface area contributed by atoms with Gasteiger partial charge in [-0.2, -0.15) is 0 Å². The van der Waals surface area contributed by atoms with Crippen LogP contribution in [-0.2, 0) is 9.53 Å². The quantitative estimate of drug-likeness (QED) is 0.763. The van der Waals surface area contributed by atoms with Gasteiger partial charge in [0, 0.05) is 31.7 Å². The summed E-state index contributed by atoms with van der Waals surface area (Å²) in [5, 5.41) is 3.05. The highest BCUT2D eigenvalue weighted by Gasteiger charge is 2.29. The Hall–Kier alpha value is -0.610. The fourth-order valence-electron chi connectivity index (χ4n) is 2.60. The summed E-state index contributed by atoms with van der Waals surface area (Å²) in [6.45, 7) is 4.87. The van der Waals surface area contributed by atoms with Crippen LogP contribution in [-0.4, -0.2) is 31.7 Å². The molecule has 0 saturated heterocycles. The Bertz CT molecular complexity index is 236. The number of hydrogen-bond acceptors (Lipinski definition) is 3. The standard InChI is InChI=1S/C13H26N2O2/c1-9-6-11(8-12(14)7-9)13(16)15-10(2)4-5-17-3/h9-12H,4-8,14H2,1-3H3,(H,15,16). The monoisotopic (exact) mass is 242 g/mol. The lowest BCUT2D eigenvalue weighted by Gasteiger charge is -2.31. The summed E-state index contributed by atoms with van der Waals surface area (Å²) in [5.41, 5.74) is 5.96. The molecule has 17 heavy (non-hydrogen) atoms. The highest BCUT2D eigenvalue weighted by molar-refractivity contribution is 5.79. The van der Waals surface area contributed by atoms with Crippen molar-refractivity contribution in [3.05, 3.63) is 0 Å². The molecule has 4 atom stereocenters. The Labute approximate surface area is 104 Å². The second-order valence-electron chi connectivity index (χ2n) is 5.46. The third-order valence-corrected chi connectivity index (χ3v) is 3.49. The summed E-state index contributed by atoms with van der Waals surface area (Å²) >= 11 is 0. The van der Waals surface area contributed by atoms with Crippen molar-refractivity contribution in [2.45, 2.75) is 51.6 Å². The SMILES string of the molecule is COCCC(C)NC(=O)C1CC(C)CC(N)C1. The topological polar surface area (TPSA) is 64.3 Å². The van der Waals surface area contributed by atoms with Crippen molar-refractivity contribution in [3.8, 4) is 0 Å². The van der Waals surface area contributed by atoms with Crippen molar-refractivity contribution in [1.29, 1.82) is 0 Å². The number of nitrogens with two attached hydrogens (primary N) is 1. The van der Waals surface area contributed by atoms with Crippen LogP contribution in [0.25, 0.3) is 0 Å². The number of methoxy groups -OCH3 is 1. The van der Waals surface area contributed by atoms with Gasteiger partial charge in [-0.15, -0.1) is 0 Å². The van der Waals surface area contributed by atoms with Crippen molar-refractivity contribution >= 4 is 5.91 Å². The van der Waals surface area contributed by atoms with Crippen molar-refractivity contribution in [2.24, 2.45) is 17.6 Å². The zero-order valence-corrected chi connectivity index (χ0v) is 11.2. The first-order valence-corrected chi connectivity index (χ1v) is 6.57. The number of carbonyl (C=O) groups excluding carboxylic acids is 1. The Balaban J connectivity index is 2.36. The van der Waals surface area contributed by atoms with E-state index in [0.717, 1.165) is 25.7 Å². The fourth-order valence-corrected chi connectivity index (χ4v) is 2.60. The lowest BCUT2D eigenvalue weighted by atomic mass is 9.79. The minimum absolute atomic E-state index is 0.0961. The number of ether oxygens (including phenoxy) is 1. The lowest BCUT2D eigenvalue weighted by Crippen LogP contribution is -2.43. The van der Waals surface area contributed by atoms with E-state index in [1.807, 2.05) is 6.92 Å². The van der Waals surface area contributed by atoms with Crippen molar-refractivity contribution < 1.29 is 9.53 Å². The van der Waals surface area contributed by atoms with E-state index in [-0.39, 0.29) is 23.9 Å². The van der Waals surface area contributed by atoms with E-state index in [4.69, 9.17) is 10.5 Å². The van der Waals surface area contributed by atoms with E-state index in [2.05, 4.69) is 12.2 Å². The van der Waals surface area contributed by atoms with Crippen LogP contribution in [0.5, 0.6) is 0 Å². The van der Waals surface area contributed by atoms with Crippen LogP contribution in [0, 0.1) is 11.8 Å². The molecule has 0 spiro atoms. The number of amides is 1. The molecule has 3 N–H and O–H groups in total. The van der Waals surface area contributed by atoms with E-state index < -0.39 is 0 Å². The molecule has 1 amide bonds. The third-order valence-electron chi connectivity index (χ3n) is 3.49. The normalized spacial score (nSPS) is 30.9. The van der Waals surface area contributed by atoms with Crippen LogP contribution in [0.2, 0.25) is 0 Å². The number of hydrogen-bond donors (Lipinski definition) is 2.